The third kappa shape index (κ3) is 5.57. The van der Waals surface area contributed by atoms with Crippen molar-refractivity contribution < 1.29 is 19.0 Å². The Hall–Kier alpha value is -4.79. The molecule has 1 aliphatic rings. The van der Waals surface area contributed by atoms with E-state index >= 15 is 0 Å². The molecule has 0 saturated carbocycles. The lowest BCUT2D eigenvalue weighted by Gasteiger charge is -2.29. The quantitative estimate of drug-likeness (QED) is 0.292. The lowest BCUT2D eigenvalue weighted by Crippen LogP contribution is -2.31. The number of hydrogen-bond donors (Lipinski definition) is 2. The van der Waals surface area contributed by atoms with E-state index in [9.17, 15) is 4.79 Å². The third-order valence-corrected chi connectivity index (χ3v) is 6.47. The third-order valence-electron chi connectivity index (χ3n) is 6.47. The first-order valence-corrected chi connectivity index (χ1v) is 12.8. The summed E-state index contributed by atoms with van der Waals surface area (Å²) in [6.45, 7) is 4.75. The average molecular weight is 526 g/mol. The van der Waals surface area contributed by atoms with Crippen LogP contribution in [0, 0.1) is 0 Å². The van der Waals surface area contributed by atoms with Crippen LogP contribution in [0.2, 0.25) is 0 Å². The molecule has 3 aromatic carbocycles. The Morgan fingerprint density at radius 2 is 1.79 bits per heavy atom. The van der Waals surface area contributed by atoms with Gasteiger partial charge in [-0.25, -0.2) is 4.68 Å². The van der Waals surface area contributed by atoms with E-state index in [0.717, 1.165) is 12.0 Å². The average Bonchev–Trinajstić information content (AvgIpc) is 3.42. The molecule has 4 aromatic rings. The summed E-state index contributed by atoms with van der Waals surface area (Å²) in [6.07, 6.45) is 2.24. The van der Waals surface area contributed by atoms with Gasteiger partial charge in [0.25, 0.3) is 5.91 Å². The molecule has 39 heavy (non-hydrogen) atoms. The SMILES string of the molecule is CCOc1ccccc1NC(=O)C1=C(C)Nc2ncnn2C1c1ccc(OCCc2ccccc2)c(OC)c1. The molecule has 1 atom stereocenters. The standard InChI is InChI=1S/C30H31N5O4/c1-4-38-24-13-9-8-12-23(24)34-29(36)27-20(2)33-30-31-19-32-35(30)28(27)22-14-15-25(26(18-22)37-3)39-17-16-21-10-6-5-7-11-21/h5-15,18-19,28H,4,16-17H2,1-3H3,(H,34,36)(H,31,32,33). The highest BCUT2D eigenvalue weighted by atomic mass is 16.5. The zero-order valence-corrected chi connectivity index (χ0v) is 22.2. The van der Waals surface area contributed by atoms with Crippen LogP contribution < -0.4 is 24.8 Å². The Morgan fingerprint density at radius 1 is 1.00 bits per heavy atom. The highest BCUT2D eigenvalue weighted by molar-refractivity contribution is 6.06. The fourth-order valence-electron chi connectivity index (χ4n) is 4.63. The Balaban J connectivity index is 1.44. The predicted octanol–water partition coefficient (Wildman–Crippen LogP) is 5.23. The van der Waals surface area contributed by atoms with E-state index in [1.165, 1.54) is 11.9 Å². The number of ether oxygens (including phenoxy) is 3. The molecule has 9 heteroatoms. The zero-order valence-electron chi connectivity index (χ0n) is 22.2. The minimum absolute atomic E-state index is 0.277. The number of para-hydroxylation sites is 2. The Kier molecular flexibility index (Phi) is 7.77. The van der Waals surface area contributed by atoms with Gasteiger partial charge < -0.3 is 24.8 Å². The smallest absolute Gasteiger partial charge is 0.255 e. The van der Waals surface area contributed by atoms with Crippen LogP contribution in [-0.4, -0.2) is 41.0 Å². The monoisotopic (exact) mass is 525 g/mol. The number of carbonyl (C=O) groups excluding carboxylic acids is 1. The van der Waals surface area contributed by atoms with Crippen LogP contribution in [0.3, 0.4) is 0 Å². The summed E-state index contributed by atoms with van der Waals surface area (Å²) in [6, 6.07) is 22.7. The van der Waals surface area contributed by atoms with E-state index in [4.69, 9.17) is 14.2 Å². The maximum absolute atomic E-state index is 13.8. The van der Waals surface area contributed by atoms with Crippen LogP contribution in [-0.2, 0) is 11.2 Å². The summed E-state index contributed by atoms with van der Waals surface area (Å²) in [5.41, 5.74) is 3.77. The highest BCUT2D eigenvalue weighted by Crippen LogP contribution is 2.39. The number of anilines is 2. The number of benzene rings is 3. The Labute approximate surface area is 227 Å². The fraction of sp³-hybridized carbons (Fsp3) is 0.233. The van der Waals surface area contributed by atoms with Crippen molar-refractivity contribution in [3.05, 3.63) is 102 Å². The molecule has 0 bridgehead atoms. The van der Waals surface area contributed by atoms with Crippen molar-refractivity contribution in [3.63, 3.8) is 0 Å². The molecule has 1 unspecified atom stereocenters. The number of aromatic nitrogens is 3. The van der Waals surface area contributed by atoms with Crippen molar-refractivity contribution in [1.82, 2.24) is 14.8 Å². The molecule has 0 aliphatic carbocycles. The molecular weight excluding hydrogens is 494 g/mol. The second-order valence-corrected chi connectivity index (χ2v) is 8.97. The van der Waals surface area contributed by atoms with Gasteiger partial charge in [-0.1, -0.05) is 48.5 Å². The summed E-state index contributed by atoms with van der Waals surface area (Å²) < 4.78 is 19.2. The molecule has 1 amide bonds. The van der Waals surface area contributed by atoms with Gasteiger partial charge in [0.15, 0.2) is 11.5 Å². The molecule has 5 rings (SSSR count). The minimum atomic E-state index is -0.546. The molecule has 0 spiro atoms. The Morgan fingerprint density at radius 3 is 2.59 bits per heavy atom. The van der Waals surface area contributed by atoms with Gasteiger partial charge in [0.05, 0.1) is 31.6 Å². The molecule has 0 saturated heterocycles. The number of carbonyl (C=O) groups is 1. The topological polar surface area (TPSA) is 99.5 Å². The number of nitrogens with one attached hydrogen (secondary N) is 2. The van der Waals surface area contributed by atoms with Gasteiger partial charge in [-0.3, -0.25) is 4.79 Å². The number of rotatable bonds is 10. The van der Waals surface area contributed by atoms with E-state index in [1.807, 2.05) is 74.5 Å². The maximum Gasteiger partial charge on any atom is 0.255 e. The van der Waals surface area contributed by atoms with E-state index in [-0.39, 0.29) is 5.91 Å². The van der Waals surface area contributed by atoms with E-state index < -0.39 is 6.04 Å². The van der Waals surface area contributed by atoms with E-state index in [1.54, 1.807) is 11.8 Å². The molecule has 2 N–H and O–H groups in total. The van der Waals surface area contributed by atoms with Crippen LogP contribution in [0.25, 0.3) is 0 Å². The van der Waals surface area contributed by atoms with Gasteiger partial charge in [0, 0.05) is 12.1 Å². The fourth-order valence-corrected chi connectivity index (χ4v) is 4.63. The summed E-state index contributed by atoms with van der Waals surface area (Å²) in [7, 11) is 1.60. The zero-order chi connectivity index (χ0) is 27.2. The second-order valence-electron chi connectivity index (χ2n) is 8.97. The van der Waals surface area contributed by atoms with Crippen molar-refractivity contribution in [2.75, 3.05) is 31.0 Å². The van der Waals surface area contributed by atoms with E-state index in [2.05, 4.69) is 32.8 Å². The lowest BCUT2D eigenvalue weighted by atomic mass is 9.94. The van der Waals surface area contributed by atoms with Gasteiger partial charge in [-0.05, 0) is 49.2 Å². The van der Waals surface area contributed by atoms with Crippen molar-refractivity contribution in [3.8, 4) is 17.2 Å². The van der Waals surface area contributed by atoms with Gasteiger partial charge in [-0.15, -0.1) is 0 Å². The summed E-state index contributed by atoms with van der Waals surface area (Å²) >= 11 is 0. The first-order valence-electron chi connectivity index (χ1n) is 12.8. The van der Waals surface area contributed by atoms with Gasteiger partial charge in [-0.2, -0.15) is 10.1 Å². The summed E-state index contributed by atoms with van der Waals surface area (Å²) in [4.78, 5) is 18.1. The van der Waals surface area contributed by atoms with Gasteiger partial charge >= 0.3 is 0 Å². The van der Waals surface area contributed by atoms with Crippen LogP contribution in [0.5, 0.6) is 17.2 Å². The number of methoxy groups -OCH3 is 1. The molecule has 0 radical (unpaired) electrons. The minimum Gasteiger partial charge on any atom is -0.493 e. The first kappa shape index (κ1) is 25.8. The van der Waals surface area contributed by atoms with Crippen molar-refractivity contribution in [2.24, 2.45) is 0 Å². The Bertz CT molecular complexity index is 1480. The molecule has 0 fully saturated rings. The molecule has 1 aromatic heterocycles. The largest absolute Gasteiger partial charge is 0.493 e. The first-order chi connectivity index (χ1) is 19.1. The molecule has 9 nitrogen and oxygen atoms in total. The number of allylic oxidation sites excluding steroid dienone is 1. The number of nitrogens with zero attached hydrogens (tertiary/aromatic N) is 3. The predicted molar refractivity (Wildman–Crippen MR) is 149 cm³/mol. The summed E-state index contributed by atoms with van der Waals surface area (Å²) in [5, 5.41) is 10.7. The van der Waals surface area contributed by atoms with E-state index in [0.29, 0.717) is 53.4 Å². The second kappa shape index (κ2) is 11.7. The normalized spacial score (nSPS) is 14.3. The lowest BCUT2D eigenvalue weighted by molar-refractivity contribution is -0.113. The van der Waals surface area contributed by atoms with Gasteiger partial charge in [0.1, 0.15) is 18.1 Å². The molecular formula is C30H31N5O4. The molecule has 1 aliphatic heterocycles. The van der Waals surface area contributed by atoms with Gasteiger partial charge in [0.2, 0.25) is 5.95 Å². The maximum atomic E-state index is 13.8. The van der Waals surface area contributed by atoms with Crippen molar-refractivity contribution in [2.45, 2.75) is 26.3 Å². The van der Waals surface area contributed by atoms with Crippen LogP contribution in [0.1, 0.15) is 31.0 Å². The van der Waals surface area contributed by atoms with Crippen molar-refractivity contribution >= 4 is 17.5 Å². The number of amides is 1. The molecule has 2 heterocycles. The highest BCUT2D eigenvalue weighted by Gasteiger charge is 2.34. The number of hydrogen-bond acceptors (Lipinski definition) is 7. The number of fused-ring (bicyclic) bond motifs is 1. The summed E-state index contributed by atoms with van der Waals surface area (Å²) in [5.74, 6) is 2.07. The molecule has 200 valence electrons. The van der Waals surface area contributed by atoms with Crippen molar-refractivity contribution in [1.29, 1.82) is 0 Å². The van der Waals surface area contributed by atoms with Crippen LogP contribution in [0.15, 0.2) is 90.4 Å². The van der Waals surface area contributed by atoms with Crippen LogP contribution in [0.4, 0.5) is 11.6 Å². The van der Waals surface area contributed by atoms with Crippen LogP contribution >= 0.6 is 0 Å².